The van der Waals surface area contributed by atoms with Gasteiger partial charge in [0.15, 0.2) is 11.6 Å². The third-order valence-electron chi connectivity index (χ3n) is 4.64. The average Bonchev–Trinajstić information content (AvgIpc) is 3.18. The molecule has 0 atom stereocenters. The highest BCUT2D eigenvalue weighted by Crippen LogP contribution is 2.34. The first-order valence-electron chi connectivity index (χ1n) is 9.32. The van der Waals surface area contributed by atoms with Crippen molar-refractivity contribution in [2.75, 3.05) is 19.5 Å². The zero-order valence-corrected chi connectivity index (χ0v) is 17.1. The Morgan fingerprint density at radius 3 is 2.30 bits per heavy atom. The molecule has 0 aliphatic carbocycles. The molecule has 0 aliphatic heterocycles. The van der Waals surface area contributed by atoms with Gasteiger partial charge in [0.1, 0.15) is 17.3 Å². The monoisotopic (exact) mass is 461 g/mol. The van der Waals surface area contributed by atoms with E-state index in [0.29, 0.717) is 5.75 Å². The number of methoxy groups -OCH3 is 2. The molecule has 0 saturated carbocycles. The molecule has 0 fully saturated rings. The standard InChI is InChI=1S/C21H15F4N5O3/c1-32-11-3-5-13(14(22)7-11)19(31)29-17-9-27-18(10-26-17)30-16-6-4-12(33-2)8-15(16)28-20(30)21(23,24)25/h3-10H,1-2H3,(H,26,29,31). The number of amides is 1. The fourth-order valence-corrected chi connectivity index (χ4v) is 3.10. The predicted octanol–water partition coefficient (Wildman–Crippen LogP) is 4.24. The molecular weight excluding hydrogens is 446 g/mol. The molecule has 2 heterocycles. The van der Waals surface area contributed by atoms with Crippen LogP contribution >= 0.6 is 0 Å². The minimum absolute atomic E-state index is 0.0517. The van der Waals surface area contributed by atoms with Crippen molar-refractivity contribution < 1.29 is 31.8 Å². The van der Waals surface area contributed by atoms with Gasteiger partial charge in [-0.15, -0.1) is 0 Å². The van der Waals surface area contributed by atoms with Crippen LogP contribution in [0.3, 0.4) is 0 Å². The Bertz CT molecular complexity index is 1340. The molecule has 170 valence electrons. The van der Waals surface area contributed by atoms with Crippen molar-refractivity contribution >= 4 is 22.8 Å². The SMILES string of the molecule is COc1ccc(C(=O)Nc2cnc(-n3c(C(F)(F)F)nc4cc(OC)ccc43)cn2)c(F)c1. The molecule has 2 aromatic carbocycles. The van der Waals surface area contributed by atoms with Gasteiger partial charge in [-0.25, -0.2) is 19.3 Å². The van der Waals surface area contributed by atoms with Gasteiger partial charge in [0.05, 0.1) is 43.2 Å². The van der Waals surface area contributed by atoms with Gasteiger partial charge in [0, 0.05) is 12.1 Å². The third-order valence-corrected chi connectivity index (χ3v) is 4.64. The summed E-state index contributed by atoms with van der Waals surface area (Å²) in [4.78, 5) is 23.9. The number of ether oxygens (including phenoxy) is 2. The lowest BCUT2D eigenvalue weighted by Crippen LogP contribution is -2.17. The summed E-state index contributed by atoms with van der Waals surface area (Å²) in [6, 6.07) is 7.96. The van der Waals surface area contributed by atoms with Crippen LogP contribution < -0.4 is 14.8 Å². The summed E-state index contributed by atoms with van der Waals surface area (Å²) in [5, 5.41) is 2.35. The van der Waals surface area contributed by atoms with Crippen molar-refractivity contribution in [1.29, 1.82) is 0 Å². The maximum Gasteiger partial charge on any atom is 0.450 e. The summed E-state index contributed by atoms with van der Waals surface area (Å²) in [5.74, 6) is -2.51. The second kappa shape index (κ2) is 8.37. The van der Waals surface area contributed by atoms with E-state index in [4.69, 9.17) is 9.47 Å². The number of carbonyl (C=O) groups excluding carboxylic acids is 1. The van der Waals surface area contributed by atoms with Crippen molar-refractivity contribution in [2.45, 2.75) is 6.18 Å². The van der Waals surface area contributed by atoms with Crippen LogP contribution in [0.5, 0.6) is 11.5 Å². The van der Waals surface area contributed by atoms with Crippen LogP contribution in [0.15, 0.2) is 48.8 Å². The van der Waals surface area contributed by atoms with Crippen molar-refractivity contribution in [2.24, 2.45) is 0 Å². The van der Waals surface area contributed by atoms with Gasteiger partial charge in [-0.2, -0.15) is 13.2 Å². The number of halogens is 4. The van der Waals surface area contributed by atoms with E-state index >= 15 is 0 Å². The summed E-state index contributed by atoms with van der Waals surface area (Å²) < 4.78 is 65.7. The molecule has 0 bridgehead atoms. The first-order valence-corrected chi connectivity index (χ1v) is 9.32. The molecule has 0 radical (unpaired) electrons. The molecular formula is C21H15F4N5O3. The Morgan fingerprint density at radius 1 is 1.00 bits per heavy atom. The molecule has 0 saturated heterocycles. The van der Waals surface area contributed by atoms with Crippen LogP contribution in [0.1, 0.15) is 16.2 Å². The zero-order chi connectivity index (χ0) is 23.8. The molecule has 1 N–H and O–H groups in total. The van der Waals surface area contributed by atoms with E-state index in [1.54, 1.807) is 0 Å². The highest BCUT2D eigenvalue weighted by molar-refractivity contribution is 6.04. The summed E-state index contributed by atoms with van der Waals surface area (Å²) in [6.07, 6.45) is -2.67. The van der Waals surface area contributed by atoms with E-state index in [9.17, 15) is 22.4 Å². The van der Waals surface area contributed by atoms with Gasteiger partial charge in [0.2, 0.25) is 5.82 Å². The van der Waals surface area contributed by atoms with E-state index in [1.807, 2.05) is 0 Å². The van der Waals surface area contributed by atoms with Gasteiger partial charge in [0.25, 0.3) is 5.91 Å². The van der Waals surface area contributed by atoms with Crippen molar-refractivity contribution in [3.63, 3.8) is 0 Å². The number of nitrogens with zero attached hydrogens (tertiary/aromatic N) is 4. The summed E-state index contributed by atoms with van der Waals surface area (Å²) >= 11 is 0. The number of carbonyl (C=O) groups is 1. The van der Waals surface area contributed by atoms with E-state index in [2.05, 4.69) is 20.3 Å². The molecule has 4 aromatic rings. The average molecular weight is 461 g/mol. The second-order valence-corrected chi connectivity index (χ2v) is 6.68. The Morgan fingerprint density at radius 2 is 1.70 bits per heavy atom. The topological polar surface area (TPSA) is 91.2 Å². The zero-order valence-electron chi connectivity index (χ0n) is 17.1. The lowest BCUT2D eigenvalue weighted by molar-refractivity contribution is -0.145. The first kappa shape index (κ1) is 22.0. The molecule has 0 spiro atoms. The summed E-state index contributed by atoms with van der Waals surface area (Å²) in [5.41, 5.74) is -0.0825. The van der Waals surface area contributed by atoms with E-state index in [1.165, 1.54) is 44.6 Å². The Balaban J connectivity index is 1.66. The Kier molecular flexibility index (Phi) is 5.58. The fraction of sp³-hybridized carbons (Fsp3) is 0.143. The third kappa shape index (κ3) is 4.27. The molecule has 12 heteroatoms. The Labute approximate surface area is 183 Å². The summed E-state index contributed by atoms with van der Waals surface area (Å²) in [7, 11) is 2.75. The van der Waals surface area contributed by atoms with E-state index in [0.717, 1.165) is 23.0 Å². The van der Waals surface area contributed by atoms with Gasteiger partial charge >= 0.3 is 6.18 Å². The Hall–Kier alpha value is -4.22. The number of imidazole rings is 1. The second-order valence-electron chi connectivity index (χ2n) is 6.68. The summed E-state index contributed by atoms with van der Waals surface area (Å²) in [6.45, 7) is 0. The van der Waals surface area contributed by atoms with E-state index in [-0.39, 0.29) is 34.0 Å². The number of alkyl halides is 3. The normalized spacial score (nSPS) is 11.5. The number of hydrogen-bond donors (Lipinski definition) is 1. The molecule has 0 aliphatic rings. The van der Waals surface area contributed by atoms with Gasteiger partial charge in [-0.05, 0) is 24.3 Å². The molecule has 1 amide bonds. The van der Waals surface area contributed by atoms with Crippen molar-refractivity contribution in [3.05, 3.63) is 66.0 Å². The number of rotatable bonds is 5. The number of fused-ring (bicyclic) bond motifs is 1. The van der Waals surface area contributed by atoms with Gasteiger partial charge in [-0.3, -0.25) is 9.36 Å². The lowest BCUT2D eigenvalue weighted by atomic mass is 10.2. The van der Waals surface area contributed by atoms with Gasteiger partial charge < -0.3 is 14.8 Å². The highest BCUT2D eigenvalue weighted by atomic mass is 19.4. The smallest absolute Gasteiger partial charge is 0.450 e. The molecule has 2 aromatic heterocycles. The van der Waals surface area contributed by atoms with Crippen LogP contribution in [0.2, 0.25) is 0 Å². The van der Waals surface area contributed by atoms with Gasteiger partial charge in [-0.1, -0.05) is 0 Å². The molecule has 0 unspecified atom stereocenters. The predicted molar refractivity (Wildman–Crippen MR) is 109 cm³/mol. The number of hydrogen-bond acceptors (Lipinski definition) is 6. The number of benzene rings is 2. The van der Waals surface area contributed by atoms with Crippen molar-refractivity contribution in [1.82, 2.24) is 19.5 Å². The molecule has 4 rings (SSSR count). The lowest BCUT2D eigenvalue weighted by Gasteiger charge is -2.11. The minimum atomic E-state index is -4.77. The number of aromatic nitrogens is 4. The number of nitrogens with one attached hydrogen (secondary N) is 1. The maximum atomic E-state index is 14.1. The van der Waals surface area contributed by atoms with Crippen LogP contribution in [-0.2, 0) is 6.18 Å². The molecule has 8 nitrogen and oxygen atoms in total. The van der Waals surface area contributed by atoms with E-state index < -0.39 is 23.7 Å². The quantitative estimate of drug-likeness (QED) is 0.447. The van der Waals surface area contributed by atoms with Crippen molar-refractivity contribution in [3.8, 4) is 17.3 Å². The largest absolute Gasteiger partial charge is 0.497 e. The first-order chi connectivity index (χ1) is 15.7. The van der Waals surface area contributed by atoms with Crippen LogP contribution in [-0.4, -0.2) is 39.6 Å². The van der Waals surface area contributed by atoms with Crippen LogP contribution in [0.4, 0.5) is 23.4 Å². The van der Waals surface area contributed by atoms with Crippen LogP contribution in [0.25, 0.3) is 16.9 Å². The fourth-order valence-electron chi connectivity index (χ4n) is 3.10. The van der Waals surface area contributed by atoms with Crippen LogP contribution in [0, 0.1) is 5.82 Å². The molecule has 33 heavy (non-hydrogen) atoms. The number of anilines is 1. The maximum absolute atomic E-state index is 14.1. The highest BCUT2D eigenvalue weighted by Gasteiger charge is 2.38. The minimum Gasteiger partial charge on any atom is -0.497 e.